The minimum absolute atomic E-state index is 0.410. The van der Waals surface area contributed by atoms with Crippen molar-refractivity contribution in [1.29, 1.82) is 0 Å². The number of hydrogen-bond acceptors (Lipinski definition) is 6. The summed E-state index contributed by atoms with van der Waals surface area (Å²) in [5.74, 6) is 4.14. The van der Waals surface area contributed by atoms with Crippen LogP contribution in [0, 0.1) is 0 Å². The van der Waals surface area contributed by atoms with E-state index in [0.717, 1.165) is 40.9 Å². The van der Waals surface area contributed by atoms with Crippen LogP contribution < -0.4 is 0 Å². The summed E-state index contributed by atoms with van der Waals surface area (Å²) in [6, 6.07) is 16.2. The first-order valence-corrected chi connectivity index (χ1v) is 10.3. The van der Waals surface area contributed by atoms with Gasteiger partial charge in [0.15, 0.2) is 0 Å². The number of para-hydroxylation sites is 1. The first-order valence-electron chi connectivity index (χ1n) is 9.15. The molecule has 0 aliphatic carbocycles. The van der Waals surface area contributed by atoms with E-state index in [0.29, 0.717) is 18.4 Å². The lowest BCUT2D eigenvalue weighted by atomic mass is 10.0. The molecule has 2 aromatic heterocycles. The third kappa shape index (κ3) is 3.35. The highest BCUT2D eigenvalue weighted by Gasteiger charge is 2.21. The first-order chi connectivity index (χ1) is 13.4. The van der Waals surface area contributed by atoms with E-state index in [4.69, 9.17) is 4.42 Å². The lowest BCUT2D eigenvalue weighted by Crippen LogP contribution is -2.07. The van der Waals surface area contributed by atoms with Crippen LogP contribution in [0.3, 0.4) is 0 Å². The van der Waals surface area contributed by atoms with Crippen LogP contribution in [-0.4, -0.2) is 36.7 Å². The fraction of sp³-hybridized carbons (Fsp3) is 0.300. The largest absolute Gasteiger partial charge is 0.420 e. The van der Waals surface area contributed by atoms with E-state index < -0.39 is 0 Å². The fourth-order valence-corrected chi connectivity index (χ4v) is 4.53. The van der Waals surface area contributed by atoms with Gasteiger partial charge in [0.05, 0.1) is 12.1 Å². The lowest BCUT2D eigenvalue weighted by molar-refractivity contribution is 0.438. The number of benzene rings is 2. The van der Waals surface area contributed by atoms with Gasteiger partial charge in [-0.1, -0.05) is 29.5 Å². The van der Waals surface area contributed by atoms with Crippen molar-refractivity contribution in [3.8, 4) is 11.5 Å². The molecule has 1 saturated heterocycles. The van der Waals surface area contributed by atoms with Crippen LogP contribution in [0.2, 0.25) is 0 Å². The number of hydrogen-bond donors (Lipinski definition) is 0. The van der Waals surface area contributed by atoms with Crippen molar-refractivity contribution >= 4 is 22.8 Å². The second-order valence-corrected chi connectivity index (χ2v) is 7.99. The molecule has 136 valence electrons. The van der Waals surface area contributed by atoms with Gasteiger partial charge in [-0.2, -0.15) is 11.8 Å². The molecule has 0 atom stereocenters. The van der Waals surface area contributed by atoms with E-state index in [2.05, 4.69) is 32.6 Å². The molecule has 6 nitrogen and oxygen atoms in total. The van der Waals surface area contributed by atoms with Gasteiger partial charge in [0.1, 0.15) is 5.52 Å². The smallest absolute Gasteiger partial charge is 0.247 e. The maximum absolute atomic E-state index is 5.95. The van der Waals surface area contributed by atoms with Crippen LogP contribution in [0.5, 0.6) is 0 Å². The van der Waals surface area contributed by atoms with Crippen LogP contribution in [0.1, 0.15) is 30.2 Å². The molecule has 1 aliphatic heterocycles. The highest BCUT2D eigenvalue weighted by atomic mass is 32.2. The average Bonchev–Trinajstić information content (AvgIpc) is 3.37. The van der Waals surface area contributed by atoms with Crippen molar-refractivity contribution in [2.75, 3.05) is 11.5 Å². The SMILES string of the molecule is c1ccc2c(c1)nnn2Cc1ccc(-c2nnc(C3CCSCC3)o2)cc1. The Morgan fingerprint density at radius 1 is 0.963 bits per heavy atom. The molecule has 0 radical (unpaired) electrons. The molecule has 0 unspecified atom stereocenters. The van der Waals surface area contributed by atoms with Crippen molar-refractivity contribution in [1.82, 2.24) is 25.2 Å². The molecule has 27 heavy (non-hydrogen) atoms. The van der Waals surface area contributed by atoms with E-state index in [1.165, 1.54) is 11.5 Å². The highest BCUT2D eigenvalue weighted by Crippen LogP contribution is 2.32. The Kier molecular flexibility index (Phi) is 4.37. The molecule has 0 spiro atoms. The summed E-state index contributed by atoms with van der Waals surface area (Å²) in [6.45, 7) is 0.676. The number of aromatic nitrogens is 5. The van der Waals surface area contributed by atoms with Crippen molar-refractivity contribution in [2.24, 2.45) is 0 Å². The number of nitrogens with zero attached hydrogens (tertiary/aromatic N) is 5. The minimum atomic E-state index is 0.410. The van der Waals surface area contributed by atoms with Crippen LogP contribution in [0.25, 0.3) is 22.5 Å². The predicted octanol–water partition coefficient (Wildman–Crippen LogP) is 4.14. The Balaban J connectivity index is 1.33. The van der Waals surface area contributed by atoms with E-state index in [9.17, 15) is 0 Å². The molecule has 0 amide bonds. The predicted molar refractivity (Wildman–Crippen MR) is 106 cm³/mol. The lowest BCUT2D eigenvalue weighted by Gasteiger charge is -2.17. The summed E-state index contributed by atoms with van der Waals surface area (Å²) in [5, 5.41) is 17.0. The van der Waals surface area contributed by atoms with E-state index in [1.54, 1.807) is 0 Å². The molecular weight excluding hydrogens is 358 g/mol. The molecular formula is C20H19N5OS. The quantitative estimate of drug-likeness (QED) is 0.532. The second kappa shape index (κ2) is 7.15. The van der Waals surface area contributed by atoms with Crippen molar-refractivity contribution in [3.05, 3.63) is 60.0 Å². The third-order valence-corrected chi connectivity index (χ3v) is 6.01. The number of fused-ring (bicyclic) bond motifs is 1. The van der Waals surface area contributed by atoms with Gasteiger partial charge in [0.2, 0.25) is 11.8 Å². The summed E-state index contributed by atoms with van der Waals surface area (Å²) in [5.41, 5.74) is 4.05. The molecule has 1 aliphatic rings. The van der Waals surface area contributed by atoms with Gasteiger partial charge in [-0.05, 0) is 54.2 Å². The minimum Gasteiger partial charge on any atom is -0.420 e. The van der Waals surface area contributed by atoms with Crippen molar-refractivity contribution in [2.45, 2.75) is 25.3 Å². The zero-order valence-electron chi connectivity index (χ0n) is 14.8. The van der Waals surface area contributed by atoms with E-state index in [1.807, 2.05) is 52.8 Å². The number of rotatable bonds is 4. The topological polar surface area (TPSA) is 69.6 Å². The third-order valence-electron chi connectivity index (χ3n) is 4.96. The Hall–Kier alpha value is -2.67. The van der Waals surface area contributed by atoms with Gasteiger partial charge < -0.3 is 4.42 Å². The molecule has 4 aromatic rings. The van der Waals surface area contributed by atoms with Crippen molar-refractivity contribution < 1.29 is 4.42 Å². The number of thioether (sulfide) groups is 1. The van der Waals surface area contributed by atoms with Gasteiger partial charge in [-0.15, -0.1) is 15.3 Å². The van der Waals surface area contributed by atoms with E-state index in [-0.39, 0.29) is 0 Å². The fourth-order valence-electron chi connectivity index (χ4n) is 3.42. The van der Waals surface area contributed by atoms with Gasteiger partial charge in [0, 0.05) is 11.5 Å². The van der Waals surface area contributed by atoms with Crippen LogP contribution >= 0.6 is 11.8 Å². The summed E-state index contributed by atoms with van der Waals surface area (Å²) < 4.78 is 7.87. The highest BCUT2D eigenvalue weighted by molar-refractivity contribution is 7.99. The van der Waals surface area contributed by atoms with Gasteiger partial charge in [0.25, 0.3) is 0 Å². The van der Waals surface area contributed by atoms with Crippen LogP contribution in [-0.2, 0) is 6.54 Å². The molecule has 7 heteroatoms. The zero-order valence-corrected chi connectivity index (χ0v) is 15.6. The normalized spacial score (nSPS) is 15.4. The first kappa shape index (κ1) is 16.5. The van der Waals surface area contributed by atoms with Crippen LogP contribution in [0.15, 0.2) is 52.9 Å². The summed E-state index contributed by atoms with van der Waals surface area (Å²) in [6.07, 6.45) is 2.24. The molecule has 0 N–H and O–H groups in total. The molecule has 0 saturated carbocycles. The molecule has 2 aromatic carbocycles. The summed E-state index contributed by atoms with van der Waals surface area (Å²) >= 11 is 2.00. The maximum atomic E-state index is 5.95. The zero-order chi connectivity index (χ0) is 18.1. The monoisotopic (exact) mass is 377 g/mol. The maximum Gasteiger partial charge on any atom is 0.247 e. The summed E-state index contributed by atoms with van der Waals surface area (Å²) in [4.78, 5) is 0. The molecule has 1 fully saturated rings. The molecule has 5 rings (SSSR count). The average molecular weight is 377 g/mol. The summed E-state index contributed by atoms with van der Waals surface area (Å²) in [7, 11) is 0. The van der Waals surface area contributed by atoms with Gasteiger partial charge >= 0.3 is 0 Å². The second-order valence-electron chi connectivity index (χ2n) is 6.76. The molecule has 3 heterocycles. The standard InChI is InChI=1S/C20H19N5OS/c1-2-4-18-17(3-1)21-24-25(18)13-14-5-7-15(8-6-14)19-22-23-20(26-19)16-9-11-27-12-10-16/h1-8,16H,9-13H2. The van der Waals surface area contributed by atoms with E-state index >= 15 is 0 Å². The molecule has 0 bridgehead atoms. The Morgan fingerprint density at radius 2 is 1.78 bits per heavy atom. The Labute approximate surface area is 161 Å². The van der Waals surface area contributed by atoms with Crippen LogP contribution in [0.4, 0.5) is 0 Å². The van der Waals surface area contributed by atoms with Gasteiger partial charge in [-0.25, -0.2) is 4.68 Å². The van der Waals surface area contributed by atoms with Gasteiger partial charge in [-0.3, -0.25) is 0 Å². The Bertz CT molecular complexity index is 1050. The van der Waals surface area contributed by atoms with Crippen molar-refractivity contribution in [3.63, 3.8) is 0 Å². The Morgan fingerprint density at radius 3 is 2.63 bits per heavy atom.